The lowest BCUT2D eigenvalue weighted by Crippen LogP contribution is -2.08. The Morgan fingerprint density at radius 2 is 1.72 bits per heavy atom. The Morgan fingerprint density at radius 3 is 2.41 bits per heavy atom. The van der Waals surface area contributed by atoms with E-state index in [2.05, 4.69) is 47.7 Å². The lowest BCUT2D eigenvalue weighted by molar-refractivity contribution is 0.286. The number of rotatable bonds is 10. The van der Waals surface area contributed by atoms with Gasteiger partial charge in [-0.3, -0.25) is 0 Å². The van der Waals surface area contributed by atoms with E-state index in [0.717, 1.165) is 46.1 Å². The van der Waals surface area contributed by atoms with Crippen LogP contribution in [0.15, 0.2) is 47.6 Å². The molecule has 0 fully saturated rings. The maximum Gasteiger partial charge on any atom is 0.191 e. The van der Waals surface area contributed by atoms with Gasteiger partial charge in [0.1, 0.15) is 23.9 Å². The second-order valence-electron chi connectivity index (χ2n) is 6.57. The topological polar surface area (TPSA) is 58.4 Å². The van der Waals surface area contributed by atoms with E-state index in [1.54, 1.807) is 18.9 Å². The van der Waals surface area contributed by atoms with Crippen molar-refractivity contribution in [2.24, 2.45) is 0 Å². The van der Waals surface area contributed by atoms with Crippen molar-refractivity contribution in [1.82, 2.24) is 14.8 Å². The first-order chi connectivity index (χ1) is 14.1. The highest BCUT2D eigenvalue weighted by molar-refractivity contribution is 7.99. The molecule has 6 nitrogen and oxygen atoms in total. The van der Waals surface area contributed by atoms with Gasteiger partial charge >= 0.3 is 0 Å². The Morgan fingerprint density at radius 1 is 0.966 bits per heavy atom. The molecule has 29 heavy (non-hydrogen) atoms. The van der Waals surface area contributed by atoms with E-state index in [9.17, 15) is 0 Å². The molecule has 0 aliphatic heterocycles. The molecule has 0 amide bonds. The first kappa shape index (κ1) is 21.0. The highest BCUT2D eigenvalue weighted by atomic mass is 32.2. The third kappa shape index (κ3) is 5.67. The van der Waals surface area contributed by atoms with E-state index in [1.807, 2.05) is 30.3 Å². The number of nitrogens with zero attached hydrogens (tertiary/aromatic N) is 3. The summed E-state index contributed by atoms with van der Waals surface area (Å²) in [6.45, 7) is 7.99. The van der Waals surface area contributed by atoms with Crippen LogP contribution < -0.4 is 14.2 Å². The Kier molecular flexibility index (Phi) is 7.41. The van der Waals surface area contributed by atoms with Gasteiger partial charge in [0, 0.05) is 12.3 Å². The number of thioether (sulfide) groups is 1. The third-order valence-electron chi connectivity index (χ3n) is 4.44. The number of hydrogen-bond acceptors (Lipinski definition) is 6. The molecule has 0 spiro atoms. The maximum absolute atomic E-state index is 5.97. The van der Waals surface area contributed by atoms with E-state index in [4.69, 9.17) is 14.2 Å². The number of aryl methyl sites for hydroxylation is 2. The fraction of sp³-hybridized carbons (Fsp3) is 0.364. The highest BCUT2D eigenvalue weighted by Crippen LogP contribution is 2.22. The first-order valence-electron chi connectivity index (χ1n) is 9.62. The van der Waals surface area contributed by atoms with E-state index in [1.165, 1.54) is 5.56 Å². The molecule has 0 N–H and O–H groups in total. The molecule has 0 saturated carbocycles. The summed E-state index contributed by atoms with van der Waals surface area (Å²) in [4.78, 5) is 0. The van der Waals surface area contributed by atoms with Crippen molar-refractivity contribution in [3.8, 4) is 17.2 Å². The van der Waals surface area contributed by atoms with Crippen LogP contribution in [0.5, 0.6) is 17.2 Å². The summed E-state index contributed by atoms with van der Waals surface area (Å²) in [5.74, 6) is 4.13. The summed E-state index contributed by atoms with van der Waals surface area (Å²) >= 11 is 1.63. The molecule has 1 aromatic heterocycles. The van der Waals surface area contributed by atoms with Crippen molar-refractivity contribution in [1.29, 1.82) is 0 Å². The fourth-order valence-corrected chi connectivity index (χ4v) is 3.76. The highest BCUT2D eigenvalue weighted by Gasteiger charge is 2.12. The molecular weight excluding hydrogens is 386 g/mol. The summed E-state index contributed by atoms with van der Waals surface area (Å²) in [6.07, 6.45) is 0. The summed E-state index contributed by atoms with van der Waals surface area (Å²) in [5.41, 5.74) is 2.35. The molecule has 0 aliphatic rings. The molecule has 7 heteroatoms. The van der Waals surface area contributed by atoms with Crippen LogP contribution in [0.2, 0.25) is 0 Å². The minimum Gasteiger partial charge on any atom is -0.497 e. The van der Waals surface area contributed by atoms with Crippen LogP contribution in [0.3, 0.4) is 0 Å². The lowest BCUT2D eigenvalue weighted by atomic mass is 10.1. The molecule has 0 radical (unpaired) electrons. The molecule has 0 aliphatic carbocycles. The van der Waals surface area contributed by atoms with Gasteiger partial charge in [-0.15, -0.1) is 10.2 Å². The molecule has 0 saturated heterocycles. The van der Waals surface area contributed by atoms with Crippen LogP contribution in [0.25, 0.3) is 0 Å². The quantitative estimate of drug-likeness (QED) is 0.355. The standard InChI is InChI=1S/C22H27N3O3S/c1-5-25-21(15-28-20-11-6-16(2)14-17(20)3)23-24-22(25)29-13-12-27-19-9-7-18(26-4)8-10-19/h6-11,14H,5,12-13,15H2,1-4H3. The van der Waals surface area contributed by atoms with Gasteiger partial charge in [-0.1, -0.05) is 29.5 Å². The van der Waals surface area contributed by atoms with Crippen molar-refractivity contribution in [2.45, 2.75) is 39.1 Å². The van der Waals surface area contributed by atoms with Crippen molar-refractivity contribution in [2.75, 3.05) is 19.5 Å². The number of ether oxygens (including phenoxy) is 3. The van der Waals surface area contributed by atoms with Crippen molar-refractivity contribution in [3.05, 3.63) is 59.4 Å². The Bertz CT molecular complexity index is 926. The van der Waals surface area contributed by atoms with Crippen LogP contribution in [0.1, 0.15) is 23.9 Å². The van der Waals surface area contributed by atoms with Crippen LogP contribution in [0, 0.1) is 13.8 Å². The average molecular weight is 414 g/mol. The average Bonchev–Trinajstić information content (AvgIpc) is 3.12. The molecule has 3 aromatic rings. The van der Waals surface area contributed by atoms with Gasteiger partial charge in [0.25, 0.3) is 0 Å². The fourth-order valence-electron chi connectivity index (χ4n) is 2.92. The van der Waals surface area contributed by atoms with Crippen molar-refractivity contribution >= 4 is 11.8 Å². The van der Waals surface area contributed by atoms with Gasteiger partial charge in [-0.05, 0) is 56.7 Å². The minimum atomic E-state index is 0.396. The van der Waals surface area contributed by atoms with Gasteiger partial charge in [0.15, 0.2) is 11.0 Å². The summed E-state index contributed by atoms with van der Waals surface area (Å²) < 4.78 is 19.0. The SMILES string of the molecule is CCn1c(COc2ccc(C)cc2C)nnc1SCCOc1ccc(OC)cc1. The predicted octanol–water partition coefficient (Wildman–Crippen LogP) is 4.67. The zero-order chi connectivity index (χ0) is 20.6. The number of benzene rings is 2. The van der Waals surface area contributed by atoms with Crippen LogP contribution in [-0.4, -0.2) is 34.2 Å². The van der Waals surface area contributed by atoms with Gasteiger partial charge in [-0.2, -0.15) is 0 Å². The second kappa shape index (κ2) is 10.2. The zero-order valence-corrected chi connectivity index (χ0v) is 18.2. The molecule has 0 unspecified atom stereocenters. The molecule has 0 bridgehead atoms. The first-order valence-corrected chi connectivity index (χ1v) is 10.6. The Balaban J connectivity index is 1.51. The van der Waals surface area contributed by atoms with Crippen LogP contribution >= 0.6 is 11.8 Å². The second-order valence-corrected chi connectivity index (χ2v) is 7.64. The maximum atomic E-state index is 5.97. The minimum absolute atomic E-state index is 0.396. The zero-order valence-electron chi connectivity index (χ0n) is 17.3. The Hall–Kier alpha value is -2.67. The molecule has 1 heterocycles. The normalized spacial score (nSPS) is 10.8. The van der Waals surface area contributed by atoms with E-state index < -0.39 is 0 Å². The largest absolute Gasteiger partial charge is 0.497 e. The molecular formula is C22H27N3O3S. The number of methoxy groups -OCH3 is 1. The predicted molar refractivity (Wildman–Crippen MR) is 115 cm³/mol. The molecule has 3 rings (SSSR count). The number of aromatic nitrogens is 3. The van der Waals surface area contributed by atoms with Crippen molar-refractivity contribution in [3.63, 3.8) is 0 Å². The summed E-state index contributed by atoms with van der Waals surface area (Å²) in [7, 11) is 1.65. The number of hydrogen-bond donors (Lipinski definition) is 0. The molecule has 2 aromatic carbocycles. The molecule has 0 atom stereocenters. The Labute approximate surface area is 176 Å². The summed E-state index contributed by atoms with van der Waals surface area (Å²) in [5, 5.41) is 9.52. The van der Waals surface area contributed by atoms with Crippen molar-refractivity contribution < 1.29 is 14.2 Å². The third-order valence-corrected chi connectivity index (χ3v) is 5.37. The smallest absolute Gasteiger partial charge is 0.191 e. The lowest BCUT2D eigenvalue weighted by Gasteiger charge is -2.11. The van der Waals surface area contributed by atoms with E-state index in [-0.39, 0.29) is 0 Å². The van der Waals surface area contributed by atoms with Gasteiger partial charge in [-0.25, -0.2) is 0 Å². The monoisotopic (exact) mass is 413 g/mol. The van der Waals surface area contributed by atoms with E-state index in [0.29, 0.717) is 13.2 Å². The molecule has 154 valence electrons. The van der Waals surface area contributed by atoms with Crippen LogP contribution in [-0.2, 0) is 13.2 Å². The van der Waals surface area contributed by atoms with Gasteiger partial charge in [0.2, 0.25) is 0 Å². The van der Waals surface area contributed by atoms with Crippen LogP contribution in [0.4, 0.5) is 0 Å². The van der Waals surface area contributed by atoms with Gasteiger partial charge < -0.3 is 18.8 Å². The van der Waals surface area contributed by atoms with E-state index >= 15 is 0 Å². The van der Waals surface area contributed by atoms with Gasteiger partial charge in [0.05, 0.1) is 13.7 Å². The summed E-state index contributed by atoms with van der Waals surface area (Å²) in [6, 6.07) is 13.8.